The van der Waals surface area contributed by atoms with Crippen molar-refractivity contribution >= 4 is 11.9 Å². The van der Waals surface area contributed by atoms with E-state index in [2.05, 4.69) is 10.3 Å². The topological polar surface area (TPSA) is 79.3 Å². The van der Waals surface area contributed by atoms with Gasteiger partial charge in [-0.05, 0) is 23.1 Å². The maximum atomic E-state index is 11.9. The van der Waals surface area contributed by atoms with Crippen LogP contribution >= 0.6 is 0 Å². The average molecular weight is 248 g/mol. The zero-order valence-corrected chi connectivity index (χ0v) is 10.4. The normalized spacial score (nSPS) is 24.3. The van der Waals surface area contributed by atoms with E-state index in [1.54, 1.807) is 12.4 Å². The lowest BCUT2D eigenvalue weighted by Gasteiger charge is -2.05. The predicted octanol–water partition coefficient (Wildman–Crippen LogP) is 1.05. The quantitative estimate of drug-likeness (QED) is 0.834. The van der Waals surface area contributed by atoms with Gasteiger partial charge in [0.25, 0.3) is 0 Å². The highest BCUT2D eigenvalue weighted by molar-refractivity contribution is 5.91. The number of aliphatic carboxylic acids is 1. The molecule has 1 amide bonds. The molecule has 0 aliphatic heterocycles. The molecule has 5 heteroatoms. The summed E-state index contributed by atoms with van der Waals surface area (Å²) < 4.78 is 0. The summed E-state index contributed by atoms with van der Waals surface area (Å²) in [6, 6.07) is 3.62. The van der Waals surface area contributed by atoms with E-state index in [4.69, 9.17) is 5.11 Å². The number of carbonyl (C=O) groups excluding carboxylic acids is 1. The van der Waals surface area contributed by atoms with Crippen molar-refractivity contribution in [3.63, 3.8) is 0 Å². The van der Waals surface area contributed by atoms with Gasteiger partial charge in [0.2, 0.25) is 5.91 Å². The van der Waals surface area contributed by atoms with Gasteiger partial charge in [0.1, 0.15) is 0 Å². The monoisotopic (exact) mass is 248 g/mol. The third kappa shape index (κ3) is 2.20. The minimum Gasteiger partial charge on any atom is -0.481 e. The molecule has 1 saturated carbocycles. The Hall–Kier alpha value is -1.91. The molecule has 18 heavy (non-hydrogen) atoms. The van der Waals surface area contributed by atoms with E-state index in [1.807, 2.05) is 26.0 Å². The first-order valence-corrected chi connectivity index (χ1v) is 5.84. The standard InChI is InChI=1S/C13H16N2O3/c1-13(2)9(10(13)12(17)18)11(16)15-7-8-3-5-14-6-4-8/h3-6,9-10H,7H2,1-2H3,(H,15,16)(H,17,18)/t9-,10+/m1/s1. The summed E-state index contributed by atoms with van der Waals surface area (Å²) in [6.45, 7) is 4.02. The molecule has 1 aromatic heterocycles. The molecule has 1 aliphatic rings. The summed E-state index contributed by atoms with van der Waals surface area (Å²) in [4.78, 5) is 26.8. The molecule has 2 N–H and O–H groups in total. The van der Waals surface area contributed by atoms with E-state index in [0.717, 1.165) is 5.56 Å². The number of hydrogen-bond acceptors (Lipinski definition) is 3. The lowest BCUT2D eigenvalue weighted by atomic mass is 10.1. The van der Waals surface area contributed by atoms with Crippen LogP contribution in [0.25, 0.3) is 0 Å². The third-order valence-corrected chi connectivity index (χ3v) is 3.59. The molecule has 0 saturated heterocycles. The summed E-state index contributed by atoms with van der Waals surface area (Å²) in [5, 5.41) is 11.8. The third-order valence-electron chi connectivity index (χ3n) is 3.59. The number of amides is 1. The van der Waals surface area contributed by atoms with Gasteiger partial charge in [-0.25, -0.2) is 0 Å². The van der Waals surface area contributed by atoms with Gasteiger partial charge in [0, 0.05) is 18.9 Å². The lowest BCUT2D eigenvalue weighted by molar-refractivity contribution is -0.140. The highest BCUT2D eigenvalue weighted by atomic mass is 16.4. The Morgan fingerprint density at radius 2 is 1.94 bits per heavy atom. The highest BCUT2D eigenvalue weighted by Crippen LogP contribution is 2.58. The lowest BCUT2D eigenvalue weighted by Crippen LogP contribution is -2.26. The Balaban J connectivity index is 1.93. The Kier molecular flexibility index (Phi) is 3.07. The molecule has 0 spiro atoms. The van der Waals surface area contributed by atoms with Gasteiger partial charge in [0.05, 0.1) is 11.8 Å². The number of nitrogens with zero attached hydrogens (tertiary/aromatic N) is 1. The molecule has 0 unspecified atom stereocenters. The van der Waals surface area contributed by atoms with Crippen molar-refractivity contribution in [2.45, 2.75) is 20.4 Å². The van der Waals surface area contributed by atoms with Crippen molar-refractivity contribution in [2.75, 3.05) is 0 Å². The van der Waals surface area contributed by atoms with Gasteiger partial charge in [0.15, 0.2) is 0 Å². The molecule has 5 nitrogen and oxygen atoms in total. The molecule has 0 radical (unpaired) electrons. The smallest absolute Gasteiger partial charge is 0.307 e. The van der Waals surface area contributed by atoms with Crippen LogP contribution in [0.3, 0.4) is 0 Å². The van der Waals surface area contributed by atoms with Crippen molar-refractivity contribution < 1.29 is 14.7 Å². The van der Waals surface area contributed by atoms with Crippen molar-refractivity contribution in [1.82, 2.24) is 10.3 Å². The Labute approximate surface area is 105 Å². The molecule has 2 rings (SSSR count). The summed E-state index contributed by atoms with van der Waals surface area (Å²) in [7, 11) is 0. The van der Waals surface area contributed by atoms with Crippen LogP contribution in [0.5, 0.6) is 0 Å². The van der Waals surface area contributed by atoms with Gasteiger partial charge < -0.3 is 10.4 Å². The molecule has 0 bridgehead atoms. The molecule has 1 aliphatic carbocycles. The van der Waals surface area contributed by atoms with E-state index in [9.17, 15) is 9.59 Å². The molecule has 1 aromatic rings. The first-order chi connectivity index (χ1) is 8.44. The van der Waals surface area contributed by atoms with E-state index >= 15 is 0 Å². The second-order valence-electron chi connectivity index (χ2n) is 5.19. The van der Waals surface area contributed by atoms with E-state index in [-0.39, 0.29) is 5.91 Å². The fourth-order valence-corrected chi connectivity index (χ4v) is 2.39. The Morgan fingerprint density at radius 1 is 1.33 bits per heavy atom. The number of carbonyl (C=O) groups is 2. The fourth-order valence-electron chi connectivity index (χ4n) is 2.39. The van der Waals surface area contributed by atoms with Crippen LogP contribution in [0, 0.1) is 17.3 Å². The SMILES string of the molecule is CC1(C)[C@H](C(=O)O)[C@@H]1C(=O)NCc1ccncc1. The van der Waals surface area contributed by atoms with Gasteiger partial charge in [-0.15, -0.1) is 0 Å². The molecule has 96 valence electrons. The number of aromatic nitrogens is 1. The summed E-state index contributed by atoms with van der Waals surface area (Å²) in [6.07, 6.45) is 3.31. The molecule has 0 aromatic carbocycles. The molecule has 2 atom stereocenters. The Morgan fingerprint density at radius 3 is 2.44 bits per heavy atom. The van der Waals surface area contributed by atoms with Crippen molar-refractivity contribution in [3.05, 3.63) is 30.1 Å². The first-order valence-electron chi connectivity index (χ1n) is 5.84. The second-order valence-corrected chi connectivity index (χ2v) is 5.19. The van der Waals surface area contributed by atoms with E-state index in [1.165, 1.54) is 0 Å². The minimum atomic E-state index is -0.899. The largest absolute Gasteiger partial charge is 0.481 e. The summed E-state index contributed by atoms with van der Waals surface area (Å²) in [5.74, 6) is -2.10. The summed E-state index contributed by atoms with van der Waals surface area (Å²) in [5.41, 5.74) is 0.498. The van der Waals surface area contributed by atoms with Gasteiger partial charge in [-0.3, -0.25) is 14.6 Å². The van der Waals surface area contributed by atoms with E-state index in [0.29, 0.717) is 6.54 Å². The van der Waals surface area contributed by atoms with Crippen LogP contribution in [0.2, 0.25) is 0 Å². The molecular formula is C13H16N2O3. The minimum absolute atomic E-state index is 0.191. The van der Waals surface area contributed by atoms with E-state index < -0.39 is 23.2 Å². The fraction of sp³-hybridized carbons (Fsp3) is 0.462. The zero-order valence-electron chi connectivity index (χ0n) is 10.4. The molecule has 1 heterocycles. The number of pyridine rings is 1. The van der Waals surface area contributed by atoms with Gasteiger partial charge >= 0.3 is 5.97 Å². The maximum absolute atomic E-state index is 11.9. The van der Waals surface area contributed by atoms with Crippen LogP contribution < -0.4 is 5.32 Å². The predicted molar refractivity (Wildman–Crippen MR) is 64.5 cm³/mol. The van der Waals surface area contributed by atoms with Crippen LogP contribution in [0.1, 0.15) is 19.4 Å². The zero-order chi connectivity index (χ0) is 13.3. The van der Waals surface area contributed by atoms with Gasteiger partial charge in [-0.1, -0.05) is 13.8 Å². The van der Waals surface area contributed by atoms with Crippen LogP contribution in [-0.2, 0) is 16.1 Å². The van der Waals surface area contributed by atoms with Crippen LogP contribution in [0.4, 0.5) is 0 Å². The van der Waals surface area contributed by atoms with Crippen LogP contribution in [-0.4, -0.2) is 22.0 Å². The van der Waals surface area contributed by atoms with Crippen molar-refractivity contribution in [3.8, 4) is 0 Å². The second kappa shape index (κ2) is 4.40. The summed E-state index contributed by atoms with van der Waals surface area (Å²) >= 11 is 0. The maximum Gasteiger partial charge on any atom is 0.307 e. The number of rotatable bonds is 4. The van der Waals surface area contributed by atoms with Crippen LogP contribution in [0.15, 0.2) is 24.5 Å². The number of carboxylic acids is 1. The van der Waals surface area contributed by atoms with Crippen molar-refractivity contribution in [2.24, 2.45) is 17.3 Å². The van der Waals surface area contributed by atoms with Gasteiger partial charge in [-0.2, -0.15) is 0 Å². The molecule has 1 fully saturated rings. The van der Waals surface area contributed by atoms with Crippen molar-refractivity contribution in [1.29, 1.82) is 0 Å². The first kappa shape index (κ1) is 12.5. The molecular weight excluding hydrogens is 232 g/mol. The number of nitrogens with one attached hydrogen (secondary N) is 1. The average Bonchev–Trinajstić information content (AvgIpc) is 2.91. The number of carboxylic acid groups (broad SMARTS) is 1. The Bertz CT molecular complexity index is 470. The number of hydrogen-bond donors (Lipinski definition) is 2. The highest BCUT2D eigenvalue weighted by Gasteiger charge is 2.65.